The molecule has 1 aliphatic rings. The Hall–Kier alpha value is -1.34. The lowest BCUT2D eigenvalue weighted by atomic mass is 10.0. The van der Waals surface area contributed by atoms with Gasteiger partial charge in [0.1, 0.15) is 11.0 Å². The monoisotopic (exact) mass is 328 g/mol. The molecular weight excluding hydrogens is 304 g/mol. The first-order valence-electron chi connectivity index (χ1n) is 7.49. The van der Waals surface area contributed by atoms with Gasteiger partial charge in [0.15, 0.2) is 9.84 Å². The number of carbonyl (C=O) groups excluding carboxylic acids is 1. The molecule has 1 amide bonds. The summed E-state index contributed by atoms with van der Waals surface area (Å²) in [6.45, 7) is 3.58. The molecule has 1 saturated heterocycles. The largest absolute Gasteiger partial charge is 0.467 e. The lowest BCUT2D eigenvalue weighted by Gasteiger charge is -2.37. The Morgan fingerprint density at radius 2 is 2.09 bits per heavy atom. The maximum absolute atomic E-state index is 12.7. The number of furan rings is 1. The first-order valence-corrected chi connectivity index (χ1v) is 9.44. The average molecular weight is 328 g/mol. The highest BCUT2D eigenvalue weighted by molar-refractivity contribution is 7.92. The number of amides is 1. The van der Waals surface area contributed by atoms with Gasteiger partial charge in [-0.15, -0.1) is 0 Å². The van der Waals surface area contributed by atoms with Crippen LogP contribution in [0.3, 0.4) is 0 Å². The van der Waals surface area contributed by atoms with E-state index < -0.39 is 15.1 Å². The zero-order chi connectivity index (χ0) is 16.3. The number of carbonyl (C=O) groups is 1. The molecule has 0 N–H and O–H groups in total. The van der Waals surface area contributed by atoms with Crippen molar-refractivity contribution in [2.24, 2.45) is 0 Å². The molecule has 1 fully saturated rings. The third-order valence-corrected chi connectivity index (χ3v) is 5.79. The van der Waals surface area contributed by atoms with Gasteiger partial charge in [-0.1, -0.05) is 0 Å². The summed E-state index contributed by atoms with van der Waals surface area (Å²) in [6.07, 6.45) is 4.36. The average Bonchev–Trinajstić information content (AvgIpc) is 2.96. The summed E-state index contributed by atoms with van der Waals surface area (Å²) in [5, 5.41) is -1.03. The maximum Gasteiger partial charge on any atom is 0.241 e. The maximum atomic E-state index is 12.7. The molecule has 1 aromatic heterocycles. The normalized spacial score (nSPS) is 19.0. The van der Waals surface area contributed by atoms with Crippen LogP contribution in [-0.2, 0) is 21.2 Å². The van der Waals surface area contributed by atoms with E-state index in [2.05, 4.69) is 4.90 Å². The van der Waals surface area contributed by atoms with Crippen LogP contribution in [0.2, 0.25) is 0 Å². The van der Waals surface area contributed by atoms with Crippen LogP contribution in [0.25, 0.3) is 0 Å². The second-order valence-electron chi connectivity index (χ2n) is 6.05. The Labute approximate surface area is 132 Å². The Morgan fingerprint density at radius 1 is 1.45 bits per heavy atom. The molecule has 0 aliphatic carbocycles. The fraction of sp³-hybridized carbons (Fsp3) is 0.667. The molecule has 2 heterocycles. The molecule has 1 aliphatic heterocycles. The van der Waals surface area contributed by atoms with E-state index >= 15 is 0 Å². The SMILES string of the molecule is CC(C(=O)N(Cc1ccco1)C1CCN(C)CC1)S(C)(=O)=O. The van der Waals surface area contributed by atoms with Crippen molar-refractivity contribution in [3.05, 3.63) is 24.2 Å². The van der Waals surface area contributed by atoms with E-state index in [1.807, 2.05) is 7.05 Å². The fourth-order valence-electron chi connectivity index (χ4n) is 2.68. The summed E-state index contributed by atoms with van der Waals surface area (Å²) >= 11 is 0. The fourth-order valence-corrected chi connectivity index (χ4v) is 3.18. The van der Waals surface area contributed by atoms with Crippen molar-refractivity contribution in [3.8, 4) is 0 Å². The van der Waals surface area contributed by atoms with Crippen molar-refractivity contribution >= 4 is 15.7 Å². The second-order valence-corrected chi connectivity index (χ2v) is 8.42. The zero-order valence-corrected chi connectivity index (χ0v) is 14.2. The molecule has 1 atom stereocenters. The number of likely N-dealkylation sites (tertiary alicyclic amines) is 1. The summed E-state index contributed by atoms with van der Waals surface area (Å²) in [4.78, 5) is 16.6. The van der Waals surface area contributed by atoms with Crippen molar-refractivity contribution in [2.45, 2.75) is 37.6 Å². The van der Waals surface area contributed by atoms with Crippen LogP contribution in [-0.4, -0.2) is 61.8 Å². The number of hydrogen-bond donors (Lipinski definition) is 0. The third kappa shape index (κ3) is 4.10. The second kappa shape index (κ2) is 6.83. The first kappa shape index (κ1) is 17.0. The third-order valence-electron chi connectivity index (χ3n) is 4.31. The number of rotatable bonds is 5. The zero-order valence-electron chi connectivity index (χ0n) is 13.4. The number of hydrogen-bond acceptors (Lipinski definition) is 5. The van der Waals surface area contributed by atoms with Crippen LogP contribution in [0.5, 0.6) is 0 Å². The van der Waals surface area contributed by atoms with E-state index in [1.54, 1.807) is 23.3 Å². The van der Waals surface area contributed by atoms with E-state index in [0.717, 1.165) is 32.2 Å². The molecule has 124 valence electrons. The van der Waals surface area contributed by atoms with Gasteiger partial charge >= 0.3 is 0 Å². The minimum Gasteiger partial charge on any atom is -0.467 e. The lowest BCUT2D eigenvalue weighted by Crippen LogP contribution is -2.50. The van der Waals surface area contributed by atoms with Gasteiger partial charge in [-0.25, -0.2) is 8.42 Å². The van der Waals surface area contributed by atoms with Gasteiger partial charge in [-0.05, 0) is 52.0 Å². The predicted molar refractivity (Wildman–Crippen MR) is 84.1 cm³/mol. The molecule has 6 nitrogen and oxygen atoms in total. The molecule has 2 rings (SSSR count). The number of piperidine rings is 1. The number of sulfone groups is 1. The minimum absolute atomic E-state index is 0.0537. The van der Waals surface area contributed by atoms with Gasteiger partial charge in [-0.2, -0.15) is 0 Å². The van der Waals surface area contributed by atoms with E-state index in [9.17, 15) is 13.2 Å². The molecule has 1 unspecified atom stereocenters. The molecular formula is C15H24N2O4S. The van der Waals surface area contributed by atoms with Crippen LogP contribution >= 0.6 is 0 Å². The van der Waals surface area contributed by atoms with Gasteiger partial charge in [0.05, 0.1) is 12.8 Å². The minimum atomic E-state index is -3.41. The van der Waals surface area contributed by atoms with Gasteiger partial charge in [0.2, 0.25) is 5.91 Å². The Morgan fingerprint density at radius 3 is 2.59 bits per heavy atom. The van der Waals surface area contributed by atoms with Crippen molar-refractivity contribution < 1.29 is 17.6 Å². The number of nitrogens with zero attached hydrogens (tertiary/aromatic N) is 2. The standard InChI is InChI=1S/C15H24N2O4S/c1-12(22(3,19)20)15(18)17(11-14-5-4-10-21-14)13-6-8-16(2)9-7-13/h4-5,10,12-13H,6-9,11H2,1-3H3. The van der Waals surface area contributed by atoms with Crippen molar-refractivity contribution in [3.63, 3.8) is 0 Å². The smallest absolute Gasteiger partial charge is 0.241 e. The summed E-state index contributed by atoms with van der Waals surface area (Å²) in [5.74, 6) is 0.335. The van der Waals surface area contributed by atoms with Crippen LogP contribution < -0.4 is 0 Å². The van der Waals surface area contributed by atoms with E-state index in [1.165, 1.54) is 6.92 Å². The van der Waals surface area contributed by atoms with E-state index in [0.29, 0.717) is 12.3 Å². The van der Waals surface area contributed by atoms with Crippen molar-refractivity contribution in [1.82, 2.24) is 9.80 Å². The van der Waals surface area contributed by atoms with Gasteiger partial charge in [0, 0.05) is 12.3 Å². The Kier molecular flexibility index (Phi) is 5.28. The molecule has 0 aromatic carbocycles. The summed E-state index contributed by atoms with van der Waals surface area (Å²) in [6, 6.07) is 3.63. The highest BCUT2D eigenvalue weighted by Crippen LogP contribution is 2.21. The van der Waals surface area contributed by atoms with Crippen LogP contribution in [0, 0.1) is 0 Å². The molecule has 7 heteroatoms. The molecule has 0 radical (unpaired) electrons. The molecule has 0 bridgehead atoms. The molecule has 0 spiro atoms. The molecule has 0 saturated carbocycles. The Balaban J connectivity index is 2.19. The summed E-state index contributed by atoms with van der Waals surface area (Å²) < 4.78 is 28.8. The van der Waals surface area contributed by atoms with Crippen LogP contribution in [0.4, 0.5) is 0 Å². The van der Waals surface area contributed by atoms with Crippen LogP contribution in [0.15, 0.2) is 22.8 Å². The lowest BCUT2D eigenvalue weighted by molar-refractivity contribution is -0.134. The topological polar surface area (TPSA) is 70.8 Å². The first-order chi connectivity index (χ1) is 10.3. The van der Waals surface area contributed by atoms with Gasteiger partial charge < -0.3 is 14.2 Å². The molecule has 22 heavy (non-hydrogen) atoms. The van der Waals surface area contributed by atoms with Gasteiger partial charge in [-0.3, -0.25) is 4.79 Å². The predicted octanol–water partition coefficient (Wildman–Crippen LogP) is 1.14. The molecule has 1 aromatic rings. The highest BCUT2D eigenvalue weighted by atomic mass is 32.2. The van der Waals surface area contributed by atoms with Crippen molar-refractivity contribution in [1.29, 1.82) is 0 Å². The Bertz CT molecular complexity index is 589. The van der Waals surface area contributed by atoms with E-state index in [4.69, 9.17) is 4.42 Å². The van der Waals surface area contributed by atoms with Gasteiger partial charge in [0.25, 0.3) is 0 Å². The van der Waals surface area contributed by atoms with Crippen molar-refractivity contribution in [2.75, 3.05) is 26.4 Å². The quantitative estimate of drug-likeness (QED) is 0.810. The highest BCUT2D eigenvalue weighted by Gasteiger charge is 2.34. The summed E-state index contributed by atoms with van der Waals surface area (Å²) in [7, 11) is -1.36. The van der Waals surface area contributed by atoms with E-state index in [-0.39, 0.29) is 11.9 Å². The summed E-state index contributed by atoms with van der Waals surface area (Å²) in [5.41, 5.74) is 0. The van der Waals surface area contributed by atoms with Crippen LogP contribution in [0.1, 0.15) is 25.5 Å².